The monoisotopic (exact) mass is 437 g/mol. The maximum absolute atomic E-state index is 12.5. The lowest BCUT2D eigenvalue weighted by atomic mass is 9.99. The molecule has 0 radical (unpaired) electrons. The molecule has 1 N–H and O–H groups in total. The highest BCUT2D eigenvalue weighted by atomic mass is 79.9. The number of ether oxygens (including phenoxy) is 1. The van der Waals surface area contributed by atoms with Gasteiger partial charge in [-0.05, 0) is 58.6 Å². The number of hydrogen-bond donors (Lipinski definition) is 1. The van der Waals surface area contributed by atoms with Gasteiger partial charge in [0.25, 0.3) is 0 Å². The molecule has 0 spiro atoms. The second kappa shape index (κ2) is 7.23. The van der Waals surface area contributed by atoms with E-state index in [2.05, 4.69) is 25.7 Å². The van der Waals surface area contributed by atoms with Crippen molar-refractivity contribution < 1.29 is 17.9 Å². The van der Waals surface area contributed by atoms with Crippen LogP contribution in [0.1, 0.15) is 11.4 Å². The Labute approximate surface area is 161 Å². The normalized spacial score (nSPS) is 11.5. The summed E-state index contributed by atoms with van der Waals surface area (Å²) in [6, 6.07) is 12.9. The van der Waals surface area contributed by atoms with Crippen LogP contribution in [0.15, 0.2) is 57.8 Å². The van der Waals surface area contributed by atoms with Gasteiger partial charge in [-0.1, -0.05) is 36.4 Å². The molecule has 2 aromatic carbocycles. The van der Waals surface area contributed by atoms with Gasteiger partial charge in [0.05, 0.1) is 4.47 Å². The number of benzene rings is 2. The molecular formula is C20H15BrF3NO2. The molecule has 1 heterocycles. The number of H-pyrrole nitrogens is 1. The van der Waals surface area contributed by atoms with Gasteiger partial charge in [0.2, 0.25) is 5.43 Å². The van der Waals surface area contributed by atoms with Gasteiger partial charge in [-0.25, -0.2) is 0 Å². The Balaban J connectivity index is 1.91. The fourth-order valence-corrected chi connectivity index (χ4v) is 3.17. The molecule has 140 valence electrons. The van der Waals surface area contributed by atoms with Gasteiger partial charge in [-0.2, -0.15) is 0 Å². The van der Waals surface area contributed by atoms with Crippen LogP contribution in [-0.4, -0.2) is 11.3 Å². The number of alkyl halides is 3. The fourth-order valence-electron chi connectivity index (χ4n) is 2.87. The van der Waals surface area contributed by atoms with Gasteiger partial charge in [-0.3, -0.25) is 4.79 Å². The molecule has 3 nitrogen and oxygen atoms in total. The number of rotatable bonds is 3. The molecule has 0 unspecified atom stereocenters. The van der Waals surface area contributed by atoms with Crippen LogP contribution < -0.4 is 10.2 Å². The van der Waals surface area contributed by atoms with Crippen molar-refractivity contribution in [1.82, 2.24) is 4.98 Å². The average Bonchev–Trinajstić information content (AvgIpc) is 2.60. The number of pyridine rings is 1. The van der Waals surface area contributed by atoms with Crippen LogP contribution in [0.25, 0.3) is 22.3 Å². The molecule has 0 amide bonds. The van der Waals surface area contributed by atoms with Crippen molar-refractivity contribution in [3.8, 4) is 28.0 Å². The minimum absolute atomic E-state index is 0.0925. The van der Waals surface area contributed by atoms with Gasteiger partial charge in [0.15, 0.2) is 0 Å². The second-order valence-electron chi connectivity index (χ2n) is 6.04. The Morgan fingerprint density at radius 3 is 1.85 bits per heavy atom. The predicted molar refractivity (Wildman–Crippen MR) is 102 cm³/mol. The van der Waals surface area contributed by atoms with Crippen LogP contribution >= 0.6 is 15.9 Å². The Kier molecular flexibility index (Phi) is 5.15. The molecular weight excluding hydrogens is 423 g/mol. The van der Waals surface area contributed by atoms with E-state index in [-0.39, 0.29) is 11.2 Å². The first-order valence-corrected chi connectivity index (χ1v) is 8.80. The van der Waals surface area contributed by atoms with Crippen molar-refractivity contribution >= 4 is 15.9 Å². The zero-order valence-corrected chi connectivity index (χ0v) is 16.0. The van der Waals surface area contributed by atoms with Crippen molar-refractivity contribution in [3.63, 3.8) is 0 Å². The molecule has 1 aromatic heterocycles. The van der Waals surface area contributed by atoms with Gasteiger partial charge in [0, 0.05) is 17.0 Å². The molecule has 0 saturated heterocycles. The molecule has 0 fully saturated rings. The van der Waals surface area contributed by atoms with E-state index in [0.717, 1.165) is 28.1 Å². The summed E-state index contributed by atoms with van der Waals surface area (Å²) in [5.74, 6) is -0.269. The fraction of sp³-hybridized carbons (Fsp3) is 0.150. The highest BCUT2D eigenvalue weighted by Crippen LogP contribution is 2.29. The minimum atomic E-state index is -4.71. The summed E-state index contributed by atoms with van der Waals surface area (Å²) in [7, 11) is 0. The summed E-state index contributed by atoms with van der Waals surface area (Å²) in [5.41, 5.74) is 4.33. The first-order chi connectivity index (χ1) is 12.7. The number of hydrogen-bond acceptors (Lipinski definition) is 2. The van der Waals surface area contributed by atoms with Crippen LogP contribution in [0.2, 0.25) is 0 Å². The third kappa shape index (κ3) is 4.24. The van der Waals surface area contributed by atoms with E-state index < -0.39 is 6.36 Å². The second-order valence-corrected chi connectivity index (χ2v) is 6.84. The topological polar surface area (TPSA) is 42.1 Å². The molecule has 0 saturated carbocycles. The maximum atomic E-state index is 12.5. The van der Waals surface area contributed by atoms with E-state index in [1.54, 1.807) is 12.1 Å². The standard InChI is InChI=1S/C20H15BrF3NO2/c1-11-17(19(26)18(21)12(2)25-11)15-5-3-13(4-6-15)14-7-9-16(10-8-14)27-20(22,23)24/h3-10H,1-2H3,(H,25,26). The van der Waals surface area contributed by atoms with Crippen LogP contribution in [0.3, 0.4) is 0 Å². The van der Waals surface area contributed by atoms with Crippen molar-refractivity contribution in [2.75, 3.05) is 0 Å². The smallest absolute Gasteiger partial charge is 0.406 e. The number of aromatic nitrogens is 1. The Morgan fingerprint density at radius 1 is 0.852 bits per heavy atom. The van der Waals surface area contributed by atoms with Gasteiger partial charge >= 0.3 is 6.36 Å². The van der Waals surface area contributed by atoms with Crippen LogP contribution in [0.4, 0.5) is 13.2 Å². The zero-order chi connectivity index (χ0) is 19.8. The summed E-state index contributed by atoms with van der Waals surface area (Å²) in [5, 5.41) is 0. The first kappa shape index (κ1) is 19.2. The lowest BCUT2D eigenvalue weighted by Gasteiger charge is -2.11. The van der Waals surface area contributed by atoms with E-state index >= 15 is 0 Å². The van der Waals surface area contributed by atoms with Gasteiger partial charge in [0.1, 0.15) is 5.75 Å². The SMILES string of the molecule is Cc1[nH]c(C)c(-c2ccc(-c3ccc(OC(F)(F)F)cc3)cc2)c(=O)c1Br. The molecule has 27 heavy (non-hydrogen) atoms. The highest BCUT2D eigenvalue weighted by Gasteiger charge is 2.30. The van der Waals surface area contributed by atoms with Crippen LogP contribution in [-0.2, 0) is 0 Å². The molecule has 0 bridgehead atoms. The number of nitrogens with one attached hydrogen (secondary N) is 1. The summed E-state index contributed by atoms with van der Waals surface area (Å²) >= 11 is 3.30. The van der Waals surface area contributed by atoms with E-state index in [4.69, 9.17) is 0 Å². The third-order valence-electron chi connectivity index (χ3n) is 4.10. The lowest BCUT2D eigenvalue weighted by Crippen LogP contribution is -2.16. The molecule has 3 rings (SSSR count). The number of aromatic amines is 1. The van der Waals surface area contributed by atoms with Crippen molar-refractivity contribution in [2.45, 2.75) is 20.2 Å². The molecule has 7 heteroatoms. The van der Waals surface area contributed by atoms with Crippen molar-refractivity contribution in [1.29, 1.82) is 0 Å². The molecule has 3 aromatic rings. The van der Waals surface area contributed by atoms with E-state index in [9.17, 15) is 18.0 Å². The predicted octanol–water partition coefficient (Wildman–Crippen LogP) is 5.99. The van der Waals surface area contributed by atoms with Crippen LogP contribution in [0, 0.1) is 13.8 Å². The average molecular weight is 438 g/mol. The minimum Gasteiger partial charge on any atom is -0.406 e. The number of halogens is 4. The van der Waals surface area contributed by atoms with Crippen LogP contribution in [0.5, 0.6) is 5.75 Å². The highest BCUT2D eigenvalue weighted by molar-refractivity contribution is 9.10. The lowest BCUT2D eigenvalue weighted by molar-refractivity contribution is -0.274. The first-order valence-electron chi connectivity index (χ1n) is 8.01. The third-order valence-corrected chi connectivity index (χ3v) is 5.06. The quantitative estimate of drug-likeness (QED) is 0.546. The van der Waals surface area contributed by atoms with E-state index in [0.29, 0.717) is 10.0 Å². The summed E-state index contributed by atoms with van der Waals surface area (Å²) in [4.78, 5) is 15.7. The summed E-state index contributed by atoms with van der Waals surface area (Å²) < 4.78 is 41.1. The summed E-state index contributed by atoms with van der Waals surface area (Å²) in [6.45, 7) is 3.65. The van der Waals surface area contributed by atoms with Gasteiger partial charge in [-0.15, -0.1) is 13.2 Å². The summed E-state index contributed by atoms with van der Waals surface area (Å²) in [6.07, 6.45) is -4.71. The molecule has 0 aliphatic heterocycles. The van der Waals surface area contributed by atoms with E-state index in [1.165, 1.54) is 12.1 Å². The van der Waals surface area contributed by atoms with Gasteiger partial charge < -0.3 is 9.72 Å². The van der Waals surface area contributed by atoms with Crippen molar-refractivity contribution in [3.05, 3.63) is 74.6 Å². The van der Waals surface area contributed by atoms with Crippen molar-refractivity contribution in [2.24, 2.45) is 0 Å². The number of aryl methyl sites for hydroxylation is 2. The molecule has 0 atom stereocenters. The Hall–Kier alpha value is -2.54. The molecule has 0 aliphatic carbocycles. The Bertz CT molecular complexity index is 1020. The zero-order valence-electron chi connectivity index (χ0n) is 14.4. The molecule has 0 aliphatic rings. The van der Waals surface area contributed by atoms with E-state index in [1.807, 2.05) is 38.1 Å². The Morgan fingerprint density at radius 2 is 1.33 bits per heavy atom. The maximum Gasteiger partial charge on any atom is 0.573 e. The largest absolute Gasteiger partial charge is 0.573 e.